The Morgan fingerprint density at radius 2 is 1.76 bits per heavy atom. The van der Waals surface area contributed by atoms with E-state index in [1.807, 2.05) is 30.3 Å². The number of piperazine rings is 1. The van der Waals surface area contributed by atoms with Gasteiger partial charge in [-0.1, -0.05) is 18.2 Å². The van der Waals surface area contributed by atoms with E-state index in [4.69, 9.17) is 4.42 Å². The van der Waals surface area contributed by atoms with Gasteiger partial charge >= 0.3 is 12.2 Å². The predicted molar refractivity (Wildman–Crippen MR) is 102 cm³/mol. The maximum atomic E-state index is 13.4. The lowest BCUT2D eigenvalue weighted by atomic mass is 9.96. The van der Waals surface area contributed by atoms with E-state index in [1.54, 1.807) is 4.90 Å². The Morgan fingerprint density at radius 3 is 2.31 bits per heavy atom. The van der Waals surface area contributed by atoms with Crippen molar-refractivity contribution in [2.45, 2.75) is 25.1 Å². The standard InChI is InChI=1S/C20H24F3N3O3/c1-15-7-8-17(29-15)19(28,20(21,22)23)9-10-24-18(27)26-13-11-25(12-14-26)16-5-3-2-4-6-16/h2-8,28H,9-14H2,1H3,(H,24,27). The van der Waals surface area contributed by atoms with Crippen molar-refractivity contribution >= 4 is 11.7 Å². The molecule has 2 aromatic rings. The summed E-state index contributed by atoms with van der Waals surface area (Å²) in [5.74, 6) is -0.309. The molecule has 29 heavy (non-hydrogen) atoms. The average Bonchev–Trinajstić information content (AvgIpc) is 3.14. The smallest absolute Gasteiger partial charge is 0.424 e. The Labute approximate surface area is 166 Å². The molecule has 0 spiro atoms. The molecule has 1 fully saturated rings. The Morgan fingerprint density at radius 1 is 1.10 bits per heavy atom. The summed E-state index contributed by atoms with van der Waals surface area (Å²) >= 11 is 0. The number of para-hydroxylation sites is 1. The highest BCUT2D eigenvalue weighted by atomic mass is 19.4. The number of furan rings is 1. The van der Waals surface area contributed by atoms with Crippen molar-refractivity contribution in [2.75, 3.05) is 37.6 Å². The molecule has 1 atom stereocenters. The highest BCUT2D eigenvalue weighted by Gasteiger charge is 2.56. The fourth-order valence-electron chi connectivity index (χ4n) is 3.33. The first-order valence-corrected chi connectivity index (χ1v) is 9.39. The van der Waals surface area contributed by atoms with Crippen LogP contribution in [-0.2, 0) is 5.60 Å². The fraction of sp³-hybridized carbons (Fsp3) is 0.450. The van der Waals surface area contributed by atoms with Crippen molar-refractivity contribution in [2.24, 2.45) is 0 Å². The van der Waals surface area contributed by atoms with Crippen molar-refractivity contribution in [3.05, 3.63) is 54.0 Å². The maximum Gasteiger partial charge on any atom is 0.424 e. The van der Waals surface area contributed by atoms with Gasteiger partial charge in [-0.15, -0.1) is 0 Å². The molecule has 1 aliphatic heterocycles. The molecule has 3 rings (SSSR count). The summed E-state index contributed by atoms with van der Waals surface area (Å²) in [5.41, 5.74) is -2.09. The molecule has 2 N–H and O–H groups in total. The minimum absolute atomic E-state index is 0.267. The van der Waals surface area contributed by atoms with Crippen molar-refractivity contribution in [3.8, 4) is 0 Å². The summed E-state index contributed by atoms with van der Waals surface area (Å²) in [7, 11) is 0. The number of aliphatic hydroxyl groups is 1. The first kappa shape index (κ1) is 21.0. The van der Waals surface area contributed by atoms with E-state index in [9.17, 15) is 23.1 Å². The van der Waals surface area contributed by atoms with Crippen LogP contribution >= 0.6 is 0 Å². The highest BCUT2D eigenvalue weighted by Crippen LogP contribution is 2.42. The molecule has 1 aromatic carbocycles. The summed E-state index contributed by atoms with van der Waals surface area (Å²) in [6.45, 7) is 3.35. The van der Waals surface area contributed by atoms with E-state index in [0.717, 1.165) is 11.8 Å². The number of anilines is 1. The molecular formula is C20H24F3N3O3. The van der Waals surface area contributed by atoms with Crippen LogP contribution in [0.4, 0.5) is 23.7 Å². The molecule has 1 saturated heterocycles. The average molecular weight is 411 g/mol. The Hall–Kier alpha value is -2.68. The third-order valence-electron chi connectivity index (χ3n) is 5.07. The zero-order chi connectivity index (χ0) is 21.1. The number of nitrogens with zero attached hydrogens (tertiary/aromatic N) is 2. The molecule has 6 nitrogen and oxygen atoms in total. The Balaban J connectivity index is 1.52. The van der Waals surface area contributed by atoms with E-state index in [1.165, 1.54) is 13.0 Å². The maximum absolute atomic E-state index is 13.4. The second kappa shape index (κ2) is 8.36. The first-order chi connectivity index (χ1) is 13.7. The van der Waals surface area contributed by atoms with Crippen molar-refractivity contribution in [1.29, 1.82) is 0 Å². The molecular weight excluding hydrogens is 387 g/mol. The molecule has 1 unspecified atom stereocenters. The van der Waals surface area contributed by atoms with Crippen LogP contribution in [0.15, 0.2) is 46.9 Å². The number of hydrogen-bond donors (Lipinski definition) is 2. The van der Waals surface area contributed by atoms with Crippen molar-refractivity contribution < 1.29 is 27.5 Å². The summed E-state index contributed by atoms with van der Waals surface area (Å²) < 4.78 is 45.3. The van der Waals surface area contributed by atoms with Crippen LogP contribution in [0.1, 0.15) is 17.9 Å². The number of alkyl halides is 3. The molecule has 0 saturated carbocycles. The van der Waals surface area contributed by atoms with Gasteiger partial charge in [0, 0.05) is 44.8 Å². The summed E-state index contributed by atoms with van der Waals surface area (Å²) in [6.07, 6.45) is -5.66. The normalized spacial score (nSPS) is 17.1. The van der Waals surface area contributed by atoms with E-state index in [2.05, 4.69) is 10.2 Å². The van der Waals surface area contributed by atoms with Gasteiger partial charge in [0.15, 0.2) is 0 Å². The summed E-state index contributed by atoms with van der Waals surface area (Å²) in [5, 5.41) is 12.7. The number of hydrogen-bond acceptors (Lipinski definition) is 4. The van der Waals surface area contributed by atoms with E-state index < -0.39 is 30.0 Å². The van der Waals surface area contributed by atoms with Crippen LogP contribution in [0, 0.1) is 6.92 Å². The second-order valence-corrected chi connectivity index (χ2v) is 7.06. The molecule has 1 aliphatic rings. The number of amides is 2. The van der Waals surface area contributed by atoms with Gasteiger partial charge in [0.05, 0.1) is 0 Å². The van der Waals surface area contributed by atoms with Gasteiger partial charge in [-0.3, -0.25) is 0 Å². The number of aryl methyl sites for hydroxylation is 1. The van der Waals surface area contributed by atoms with E-state index >= 15 is 0 Å². The third kappa shape index (κ3) is 4.67. The summed E-state index contributed by atoms with van der Waals surface area (Å²) in [4.78, 5) is 16.0. The molecule has 2 heterocycles. The van der Waals surface area contributed by atoms with Gasteiger partial charge in [0.1, 0.15) is 11.5 Å². The van der Waals surface area contributed by atoms with Crippen molar-refractivity contribution in [1.82, 2.24) is 10.2 Å². The monoisotopic (exact) mass is 411 g/mol. The molecule has 2 amide bonds. The highest BCUT2D eigenvalue weighted by molar-refractivity contribution is 5.74. The quantitative estimate of drug-likeness (QED) is 0.793. The van der Waals surface area contributed by atoms with Gasteiger partial charge in [-0.2, -0.15) is 13.2 Å². The topological polar surface area (TPSA) is 69.0 Å². The molecule has 0 bridgehead atoms. The molecule has 1 aromatic heterocycles. The van der Waals surface area contributed by atoms with E-state index in [-0.39, 0.29) is 12.3 Å². The minimum atomic E-state index is -4.93. The lowest BCUT2D eigenvalue weighted by Crippen LogP contribution is -2.52. The number of nitrogens with one attached hydrogen (secondary N) is 1. The van der Waals surface area contributed by atoms with Crippen LogP contribution in [0.5, 0.6) is 0 Å². The second-order valence-electron chi connectivity index (χ2n) is 7.06. The van der Waals surface area contributed by atoms with Gasteiger partial charge in [-0.05, 0) is 31.2 Å². The minimum Gasteiger partial charge on any atom is -0.463 e. The van der Waals surface area contributed by atoms with Crippen LogP contribution in [0.3, 0.4) is 0 Å². The number of rotatable bonds is 5. The van der Waals surface area contributed by atoms with Crippen LogP contribution in [0.2, 0.25) is 0 Å². The number of urea groups is 1. The number of carbonyl (C=O) groups excluding carboxylic acids is 1. The fourth-order valence-corrected chi connectivity index (χ4v) is 3.33. The van der Waals surface area contributed by atoms with Crippen LogP contribution in [0.25, 0.3) is 0 Å². The Bertz CT molecular complexity index is 817. The lowest BCUT2D eigenvalue weighted by molar-refractivity contribution is -0.274. The zero-order valence-electron chi connectivity index (χ0n) is 16.1. The molecule has 0 aliphatic carbocycles. The number of carbonyl (C=O) groups is 1. The SMILES string of the molecule is Cc1ccc(C(O)(CCNC(=O)N2CCN(c3ccccc3)CC2)C(F)(F)F)o1. The number of halogens is 3. The van der Waals surface area contributed by atoms with Gasteiger partial charge in [0.2, 0.25) is 5.60 Å². The van der Waals surface area contributed by atoms with Gasteiger partial charge < -0.3 is 24.6 Å². The molecule has 0 radical (unpaired) electrons. The van der Waals surface area contributed by atoms with Crippen LogP contribution in [-0.4, -0.2) is 54.9 Å². The first-order valence-electron chi connectivity index (χ1n) is 9.39. The predicted octanol–water partition coefficient (Wildman–Crippen LogP) is 3.26. The van der Waals surface area contributed by atoms with Gasteiger partial charge in [-0.25, -0.2) is 4.79 Å². The number of benzene rings is 1. The lowest BCUT2D eigenvalue weighted by Gasteiger charge is -2.36. The third-order valence-corrected chi connectivity index (χ3v) is 5.07. The zero-order valence-corrected chi connectivity index (χ0v) is 16.1. The Kier molecular flexibility index (Phi) is 6.07. The van der Waals surface area contributed by atoms with Crippen molar-refractivity contribution in [3.63, 3.8) is 0 Å². The summed E-state index contributed by atoms with van der Waals surface area (Å²) in [6, 6.07) is 11.8. The molecule has 9 heteroatoms. The largest absolute Gasteiger partial charge is 0.463 e. The van der Waals surface area contributed by atoms with E-state index in [0.29, 0.717) is 26.2 Å². The van der Waals surface area contributed by atoms with Crippen LogP contribution < -0.4 is 10.2 Å². The molecule has 158 valence electrons. The van der Waals surface area contributed by atoms with Gasteiger partial charge in [0.25, 0.3) is 0 Å².